The van der Waals surface area contributed by atoms with E-state index in [2.05, 4.69) is 20.4 Å². The van der Waals surface area contributed by atoms with Crippen LogP contribution in [0.2, 0.25) is 0 Å². The molecule has 0 bridgehead atoms. The zero-order valence-electron chi connectivity index (χ0n) is 22.3. The minimum atomic E-state index is -0.627. The number of amides is 2. The average Bonchev–Trinajstić information content (AvgIpc) is 3.85. The highest BCUT2D eigenvalue weighted by Gasteiger charge is 2.56. The number of Topliss-reactive ketones (excluding diaryl/α,β-unsaturated/α-hetero) is 1. The van der Waals surface area contributed by atoms with E-state index in [0.717, 1.165) is 30.4 Å². The maximum atomic E-state index is 14.5. The van der Waals surface area contributed by atoms with Crippen LogP contribution in [-0.2, 0) is 16.1 Å². The minimum absolute atomic E-state index is 0.0177. The van der Waals surface area contributed by atoms with Gasteiger partial charge in [0.05, 0.1) is 12.1 Å². The highest BCUT2D eigenvalue weighted by molar-refractivity contribution is 6.06. The summed E-state index contributed by atoms with van der Waals surface area (Å²) in [6.07, 6.45) is 6.89. The van der Waals surface area contributed by atoms with Crippen molar-refractivity contribution in [3.8, 4) is 11.1 Å². The zero-order valence-corrected chi connectivity index (χ0v) is 22.3. The predicted molar refractivity (Wildman–Crippen MR) is 142 cm³/mol. The Bertz CT molecular complexity index is 1520. The number of rotatable bonds is 8. The number of hydrogen-bond donors (Lipinski definition) is 1. The van der Waals surface area contributed by atoms with Gasteiger partial charge >= 0.3 is 0 Å². The Labute approximate surface area is 225 Å². The van der Waals surface area contributed by atoms with Gasteiger partial charge in [0.25, 0.3) is 0 Å². The molecule has 3 aromatic rings. The van der Waals surface area contributed by atoms with E-state index in [1.807, 2.05) is 25.1 Å². The molecular weight excluding hydrogens is 499 g/mol. The number of fused-ring (bicyclic) bond motifs is 2. The van der Waals surface area contributed by atoms with Crippen LogP contribution in [-0.4, -0.2) is 60.9 Å². The van der Waals surface area contributed by atoms with Crippen molar-refractivity contribution in [1.82, 2.24) is 30.0 Å². The molecule has 1 aliphatic heterocycles. The van der Waals surface area contributed by atoms with Gasteiger partial charge in [-0.1, -0.05) is 6.07 Å². The Morgan fingerprint density at radius 1 is 1.08 bits per heavy atom. The first-order valence-corrected chi connectivity index (χ1v) is 13.5. The van der Waals surface area contributed by atoms with Crippen molar-refractivity contribution in [1.29, 1.82) is 0 Å². The molecule has 9 nitrogen and oxygen atoms in total. The topological polar surface area (TPSA) is 110 Å². The van der Waals surface area contributed by atoms with Gasteiger partial charge in [0.2, 0.25) is 11.8 Å². The van der Waals surface area contributed by atoms with E-state index in [4.69, 9.17) is 0 Å². The number of carbonyl (C=O) groups is 3. The van der Waals surface area contributed by atoms with Crippen molar-refractivity contribution in [2.75, 3.05) is 6.54 Å². The SMILES string of the molecule is CC(=O)c1nn(CC(=O)N2C3C[C@@H]3C[C@H]2C(=O)NC/C(F)=C(/C)C2CC2)c2ccc(-c3cnc(C)nc3)cc12. The molecule has 3 atom stereocenters. The maximum absolute atomic E-state index is 14.5. The van der Waals surface area contributed by atoms with Crippen molar-refractivity contribution >= 4 is 28.5 Å². The van der Waals surface area contributed by atoms with Crippen LogP contribution in [0.5, 0.6) is 0 Å². The normalized spacial score (nSPS) is 22.5. The standard InChI is InChI=1S/C29H31FN6O3/c1-15(18-4-5-18)23(30)13-33-29(39)26-10-20-9-25(20)36(26)27(38)14-35-24-7-6-19(21-11-31-17(3)32-12-21)8-22(24)28(34-35)16(2)37/h6-8,11-12,18,20,25-26H,4-5,9-10,13-14H2,1-3H3,(H,33,39)/b23-15+/t20-,25?,26+/m1/s1. The molecule has 2 aliphatic carbocycles. The highest BCUT2D eigenvalue weighted by Crippen LogP contribution is 2.48. The number of ketones is 1. The number of nitrogens with one attached hydrogen (secondary N) is 1. The molecule has 3 heterocycles. The van der Waals surface area contributed by atoms with Crippen LogP contribution in [0.25, 0.3) is 22.0 Å². The fourth-order valence-corrected chi connectivity index (χ4v) is 5.70. The van der Waals surface area contributed by atoms with Gasteiger partial charge in [-0.2, -0.15) is 5.10 Å². The second-order valence-corrected chi connectivity index (χ2v) is 11.0. The van der Waals surface area contributed by atoms with Crippen LogP contribution in [0.3, 0.4) is 0 Å². The van der Waals surface area contributed by atoms with Gasteiger partial charge in [0.1, 0.15) is 29.9 Å². The summed E-state index contributed by atoms with van der Waals surface area (Å²) in [5.41, 5.74) is 3.29. The maximum Gasteiger partial charge on any atom is 0.245 e. The van der Waals surface area contributed by atoms with Gasteiger partial charge in [-0.05, 0) is 74.6 Å². The molecule has 1 saturated heterocycles. The van der Waals surface area contributed by atoms with Crippen molar-refractivity contribution in [2.45, 2.75) is 65.1 Å². The summed E-state index contributed by atoms with van der Waals surface area (Å²) in [5, 5.41) is 7.84. The molecule has 0 radical (unpaired) electrons. The fourth-order valence-electron chi connectivity index (χ4n) is 5.70. The van der Waals surface area contributed by atoms with Gasteiger partial charge < -0.3 is 10.2 Å². The average molecular weight is 531 g/mol. The molecule has 2 saturated carbocycles. The lowest BCUT2D eigenvalue weighted by molar-refractivity contribution is -0.140. The molecule has 2 amide bonds. The van der Waals surface area contributed by atoms with E-state index in [1.54, 1.807) is 24.2 Å². The van der Waals surface area contributed by atoms with Crippen LogP contribution >= 0.6 is 0 Å². The Kier molecular flexibility index (Phi) is 6.28. The number of hydrogen-bond acceptors (Lipinski definition) is 6. The first-order valence-electron chi connectivity index (χ1n) is 13.5. The van der Waals surface area contributed by atoms with Gasteiger partial charge in [0.15, 0.2) is 5.78 Å². The molecular formula is C29H31FN6O3. The summed E-state index contributed by atoms with van der Waals surface area (Å²) in [6.45, 7) is 4.80. The van der Waals surface area contributed by atoms with E-state index < -0.39 is 6.04 Å². The van der Waals surface area contributed by atoms with E-state index in [9.17, 15) is 18.8 Å². The lowest BCUT2D eigenvalue weighted by Gasteiger charge is -2.27. The summed E-state index contributed by atoms with van der Waals surface area (Å²) in [5.74, 6) is 0.195. The number of nitrogens with zero attached hydrogens (tertiary/aromatic N) is 5. The molecule has 0 spiro atoms. The van der Waals surface area contributed by atoms with E-state index in [-0.39, 0.29) is 48.2 Å². The zero-order chi connectivity index (χ0) is 27.4. The largest absolute Gasteiger partial charge is 0.348 e. The monoisotopic (exact) mass is 530 g/mol. The molecule has 1 aromatic carbocycles. The number of aryl methyl sites for hydroxylation is 1. The minimum Gasteiger partial charge on any atom is -0.348 e. The number of benzene rings is 1. The highest BCUT2D eigenvalue weighted by atomic mass is 19.1. The third-order valence-electron chi connectivity index (χ3n) is 8.21. The third kappa shape index (κ3) is 4.84. The van der Waals surface area contributed by atoms with E-state index in [1.165, 1.54) is 11.6 Å². The molecule has 202 valence electrons. The van der Waals surface area contributed by atoms with Crippen molar-refractivity contribution < 1.29 is 18.8 Å². The first kappa shape index (κ1) is 25.3. The molecule has 39 heavy (non-hydrogen) atoms. The Morgan fingerprint density at radius 2 is 1.82 bits per heavy atom. The molecule has 10 heteroatoms. The first-order chi connectivity index (χ1) is 18.7. The van der Waals surface area contributed by atoms with Crippen LogP contribution in [0.1, 0.15) is 55.8 Å². The van der Waals surface area contributed by atoms with Crippen LogP contribution in [0, 0.1) is 18.8 Å². The van der Waals surface area contributed by atoms with Gasteiger partial charge in [-0.15, -0.1) is 0 Å². The molecule has 1 unspecified atom stereocenters. The Hall–Kier alpha value is -3.95. The lowest BCUT2D eigenvalue weighted by atomic mass is 10.0. The number of allylic oxidation sites excluding steroid dienone is 1. The molecule has 2 aromatic heterocycles. The fraction of sp³-hybridized carbons (Fsp3) is 0.448. The van der Waals surface area contributed by atoms with Crippen LogP contribution in [0.4, 0.5) is 4.39 Å². The number of aromatic nitrogens is 4. The smallest absolute Gasteiger partial charge is 0.245 e. The summed E-state index contributed by atoms with van der Waals surface area (Å²) in [4.78, 5) is 49.2. The van der Waals surface area contributed by atoms with Crippen LogP contribution < -0.4 is 5.32 Å². The number of piperidine rings is 1. The molecule has 6 rings (SSSR count). The Balaban J connectivity index is 1.22. The summed E-state index contributed by atoms with van der Waals surface area (Å²) < 4.78 is 16.0. The van der Waals surface area contributed by atoms with Gasteiger partial charge in [-0.3, -0.25) is 19.1 Å². The van der Waals surface area contributed by atoms with Crippen LogP contribution in [0.15, 0.2) is 42.0 Å². The lowest BCUT2D eigenvalue weighted by Crippen LogP contribution is -2.49. The summed E-state index contributed by atoms with van der Waals surface area (Å²) in [7, 11) is 0. The quantitative estimate of drug-likeness (QED) is 0.444. The predicted octanol–water partition coefficient (Wildman–Crippen LogP) is 3.76. The van der Waals surface area contributed by atoms with Gasteiger partial charge in [0, 0.05) is 36.3 Å². The Morgan fingerprint density at radius 3 is 2.51 bits per heavy atom. The van der Waals surface area contributed by atoms with Crippen molar-refractivity contribution in [2.24, 2.45) is 11.8 Å². The van der Waals surface area contributed by atoms with Crippen molar-refractivity contribution in [3.05, 3.63) is 53.5 Å². The molecule has 3 aliphatic rings. The second-order valence-electron chi connectivity index (χ2n) is 11.0. The second kappa shape index (κ2) is 9.66. The molecule has 1 N–H and O–H groups in total. The van der Waals surface area contributed by atoms with E-state index in [0.29, 0.717) is 40.6 Å². The number of likely N-dealkylation sites (tertiary alicyclic amines) is 1. The third-order valence-corrected chi connectivity index (χ3v) is 8.21. The van der Waals surface area contributed by atoms with Gasteiger partial charge in [-0.25, -0.2) is 14.4 Å². The number of carbonyl (C=O) groups excluding carboxylic acids is 3. The van der Waals surface area contributed by atoms with E-state index >= 15 is 0 Å². The summed E-state index contributed by atoms with van der Waals surface area (Å²) >= 11 is 0. The number of halogens is 1. The molecule has 3 fully saturated rings. The summed E-state index contributed by atoms with van der Waals surface area (Å²) in [6, 6.07) is 4.98. The van der Waals surface area contributed by atoms with Crippen molar-refractivity contribution in [3.63, 3.8) is 0 Å².